The first-order valence-electron chi connectivity index (χ1n) is 5.32. The Bertz CT molecular complexity index is 504. The van der Waals surface area contributed by atoms with Crippen LogP contribution in [0.1, 0.15) is 12.5 Å². The fraction of sp³-hybridized carbons (Fsp3) is 0.143. The van der Waals surface area contributed by atoms with E-state index in [4.69, 9.17) is 0 Å². The van der Waals surface area contributed by atoms with E-state index in [9.17, 15) is 10.2 Å². The van der Waals surface area contributed by atoms with E-state index in [1.165, 1.54) is 0 Å². The quantitative estimate of drug-likeness (QED) is 0.805. The van der Waals surface area contributed by atoms with Crippen LogP contribution in [0, 0.1) is 0 Å². The van der Waals surface area contributed by atoms with Gasteiger partial charge in [0.25, 0.3) is 0 Å². The molecule has 0 aromatic heterocycles. The van der Waals surface area contributed by atoms with Gasteiger partial charge in [-0.25, -0.2) is 0 Å². The van der Waals surface area contributed by atoms with Gasteiger partial charge in [0.15, 0.2) is 0 Å². The highest BCUT2D eigenvalue weighted by Crippen LogP contribution is 2.31. The molecule has 2 rings (SSSR count). The van der Waals surface area contributed by atoms with Crippen molar-refractivity contribution in [2.75, 3.05) is 0 Å². The maximum Gasteiger partial charge on any atom is 0.123 e. The molecule has 2 N–H and O–H groups in total. The molecule has 16 heavy (non-hydrogen) atoms. The number of phenols is 2. The first kappa shape index (κ1) is 10.6. The number of hydrogen-bond acceptors (Lipinski definition) is 2. The molecular formula is C14H14O2. The lowest BCUT2D eigenvalue weighted by molar-refractivity contribution is 0.473. The van der Waals surface area contributed by atoms with E-state index in [1.807, 2.05) is 25.1 Å². The lowest BCUT2D eigenvalue weighted by Gasteiger charge is -2.07. The third kappa shape index (κ3) is 2.01. The third-order valence-electron chi connectivity index (χ3n) is 2.60. The molecule has 0 unspecified atom stereocenters. The van der Waals surface area contributed by atoms with Gasteiger partial charge in [-0.3, -0.25) is 0 Å². The SMILES string of the molecule is CCc1cc(O)cc(-c2ccccc2O)c1. The Kier molecular flexibility index (Phi) is 2.82. The van der Waals surface area contributed by atoms with Crippen LogP contribution < -0.4 is 0 Å². The molecule has 0 amide bonds. The summed E-state index contributed by atoms with van der Waals surface area (Å²) in [6.07, 6.45) is 0.856. The minimum absolute atomic E-state index is 0.232. The van der Waals surface area contributed by atoms with E-state index in [0.29, 0.717) is 0 Å². The number of hydrogen-bond donors (Lipinski definition) is 2. The number of aromatic hydroxyl groups is 2. The smallest absolute Gasteiger partial charge is 0.123 e. The number of para-hydroxylation sites is 1. The Hall–Kier alpha value is -1.96. The Morgan fingerprint density at radius 1 is 1.00 bits per heavy atom. The van der Waals surface area contributed by atoms with Crippen LogP contribution in [0.15, 0.2) is 42.5 Å². The van der Waals surface area contributed by atoms with E-state index in [2.05, 4.69) is 0 Å². The van der Waals surface area contributed by atoms with Crippen LogP contribution in [0.25, 0.3) is 11.1 Å². The highest BCUT2D eigenvalue weighted by Gasteiger charge is 2.05. The van der Waals surface area contributed by atoms with Gasteiger partial charge in [0.05, 0.1) is 0 Å². The molecule has 0 aliphatic rings. The molecule has 0 atom stereocenters. The molecule has 0 aliphatic heterocycles. The third-order valence-corrected chi connectivity index (χ3v) is 2.60. The zero-order valence-electron chi connectivity index (χ0n) is 9.14. The Balaban J connectivity index is 2.56. The van der Waals surface area contributed by atoms with Gasteiger partial charge in [-0.2, -0.15) is 0 Å². The molecule has 0 heterocycles. The monoisotopic (exact) mass is 214 g/mol. The zero-order chi connectivity index (χ0) is 11.5. The Morgan fingerprint density at radius 2 is 1.75 bits per heavy atom. The summed E-state index contributed by atoms with van der Waals surface area (Å²) in [5.41, 5.74) is 2.64. The molecule has 0 saturated heterocycles. The molecule has 0 bridgehead atoms. The topological polar surface area (TPSA) is 40.5 Å². The fourth-order valence-electron chi connectivity index (χ4n) is 1.75. The highest BCUT2D eigenvalue weighted by molar-refractivity contribution is 5.71. The van der Waals surface area contributed by atoms with Crippen molar-refractivity contribution < 1.29 is 10.2 Å². The summed E-state index contributed by atoms with van der Waals surface area (Å²) >= 11 is 0. The maximum atomic E-state index is 9.74. The van der Waals surface area contributed by atoms with Crippen LogP contribution in [0.4, 0.5) is 0 Å². The van der Waals surface area contributed by atoms with Gasteiger partial charge in [-0.15, -0.1) is 0 Å². The number of benzene rings is 2. The lowest BCUT2D eigenvalue weighted by Crippen LogP contribution is -1.84. The van der Waals surface area contributed by atoms with E-state index in [1.54, 1.807) is 24.3 Å². The van der Waals surface area contributed by atoms with Gasteiger partial charge in [0.2, 0.25) is 0 Å². The molecule has 2 nitrogen and oxygen atoms in total. The Morgan fingerprint density at radius 3 is 2.44 bits per heavy atom. The predicted octanol–water partition coefficient (Wildman–Crippen LogP) is 3.33. The molecule has 2 aromatic carbocycles. The first-order valence-corrected chi connectivity index (χ1v) is 5.32. The van der Waals surface area contributed by atoms with Crippen LogP contribution in [0.2, 0.25) is 0 Å². The maximum absolute atomic E-state index is 9.74. The van der Waals surface area contributed by atoms with Gasteiger partial charge >= 0.3 is 0 Å². The van der Waals surface area contributed by atoms with Gasteiger partial charge in [-0.05, 0) is 35.7 Å². The molecule has 2 heteroatoms. The van der Waals surface area contributed by atoms with Crippen molar-refractivity contribution in [3.63, 3.8) is 0 Å². The second-order valence-electron chi connectivity index (χ2n) is 3.76. The van der Waals surface area contributed by atoms with Crippen LogP contribution in [-0.2, 0) is 6.42 Å². The normalized spacial score (nSPS) is 10.3. The van der Waals surface area contributed by atoms with Crippen LogP contribution in [0.5, 0.6) is 11.5 Å². The van der Waals surface area contributed by atoms with Crippen molar-refractivity contribution in [3.8, 4) is 22.6 Å². The standard InChI is InChI=1S/C14H14O2/c1-2-10-7-11(9-12(15)8-10)13-5-3-4-6-14(13)16/h3-9,15-16H,2H2,1H3. The number of phenolic OH excluding ortho intramolecular Hbond substituents is 2. The van der Waals surface area contributed by atoms with Crippen molar-refractivity contribution in [2.24, 2.45) is 0 Å². The number of rotatable bonds is 2. The average molecular weight is 214 g/mol. The van der Waals surface area contributed by atoms with Crippen molar-refractivity contribution in [2.45, 2.75) is 13.3 Å². The first-order chi connectivity index (χ1) is 7.70. The Labute approximate surface area is 94.8 Å². The molecule has 0 spiro atoms. The van der Waals surface area contributed by atoms with Gasteiger partial charge in [0.1, 0.15) is 11.5 Å². The van der Waals surface area contributed by atoms with E-state index >= 15 is 0 Å². The fourth-order valence-corrected chi connectivity index (χ4v) is 1.75. The average Bonchev–Trinajstić information content (AvgIpc) is 2.28. The van der Waals surface area contributed by atoms with Crippen molar-refractivity contribution in [1.82, 2.24) is 0 Å². The summed E-state index contributed by atoms with van der Waals surface area (Å²) in [7, 11) is 0. The summed E-state index contributed by atoms with van der Waals surface area (Å²) in [6, 6.07) is 12.5. The molecular weight excluding hydrogens is 200 g/mol. The second kappa shape index (κ2) is 4.27. The second-order valence-corrected chi connectivity index (χ2v) is 3.76. The van der Waals surface area contributed by atoms with Crippen LogP contribution in [-0.4, -0.2) is 10.2 Å². The minimum Gasteiger partial charge on any atom is -0.508 e. The molecule has 2 aromatic rings. The highest BCUT2D eigenvalue weighted by atomic mass is 16.3. The van der Waals surface area contributed by atoms with Gasteiger partial charge in [-0.1, -0.05) is 31.2 Å². The van der Waals surface area contributed by atoms with E-state index in [-0.39, 0.29) is 11.5 Å². The molecule has 0 radical (unpaired) electrons. The van der Waals surface area contributed by atoms with Crippen molar-refractivity contribution in [3.05, 3.63) is 48.0 Å². The van der Waals surface area contributed by atoms with Crippen molar-refractivity contribution in [1.29, 1.82) is 0 Å². The van der Waals surface area contributed by atoms with Crippen LogP contribution in [0.3, 0.4) is 0 Å². The largest absolute Gasteiger partial charge is 0.508 e. The summed E-state index contributed by atoms with van der Waals surface area (Å²) in [5, 5.41) is 19.3. The lowest BCUT2D eigenvalue weighted by atomic mass is 10.0. The van der Waals surface area contributed by atoms with Gasteiger partial charge in [0, 0.05) is 5.56 Å². The molecule has 0 saturated carbocycles. The predicted molar refractivity (Wildman–Crippen MR) is 64.6 cm³/mol. The molecule has 82 valence electrons. The van der Waals surface area contributed by atoms with E-state index < -0.39 is 0 Å². The summed E-state index contributed by atoms with van der Waals surface area (Å²) in [5.74, 6) is 0.466. The van der Waals surface area contributed by atoms with E-state index in [0.717, 1.165) is 23.1 Å². The van der Waals surface area contributed by atoms with Crippen LogP contribution >= 0.6 is 0 Å². The van der Waals surface area contributed by atoms with Gasteiger partial charge < -0.3 is 10.2 Å². The summed E-state index contributed by atoms with van der Waals surface area (Å²) in [4.78, 5) is 0. The number of aryl methyl sites for hydroxylation is 1. The minimum atomic E-state index is 0.232. The molecule has 0 aliphatic carbocycles. The van der Waals surface area contributed by atoms with Crippen molar-refractivity contribution >= 4 is 0 Å². The molecule has 0 fully saturated rings. The zero-order valence-corrected chi connectivity index (χ0v) is 9.14. The summed E-state index contributed by atoms with van der Waals surface area (Å²) in [6.45, 7) is 2.03. The summed E-state index contributed by atoms with van der Waals surface area (Å²) < 4.78 is 0.